The minimum Gasteiger partial charge on any atom is -0.422 e. The Hall–Kier alpha value is -2.54. The number of nitro benzene ring substituents is 1. The number of carbonyl (C=O) groups excluding carboxylic acids is 2. The lowest BCUT2D eigenvalue weighted by Crippen LogP contribution is -2.10. The van der Waals surface area contributed by atoms with Gasteiger partial charge in [0.2, 0.25) is 0 Å². The van der Waals surface area contributed by atoms with Gasteiger partial charge in [0, 0.05) is 16.6 Å². The van der Waals surface area contributed by atoms with E-state index in [-0.39, 0.29) is 17.0 Å². The number of carbonyl (C=O) groups is 2. The van der Waals surface area contributed by atoms with E-state index in [2.05, 4.69) is 15.9 Å². The van der Waals surface area contributed by atoms with Crippen molar-refractivity contribution in [3.05, 3.63) is 68.2 Å². The third-order valence-electron chi connectivity index (χ3n) is 2.59. The molecule has 0 aliphatic heterocycles. The Bertz CT molecular complexity index is 729. The zero-order valence-electron chi connectivity index (χ0n) is 10.5. The molecule has 21 heavy (non-hydrogen) atoms. The predicted molar refractivity (Wildman–Crippen MR) is 77.6 cm³/mol. The van der Waals surface area contributed by atoms with Crippen molar-refractivity contribution in [2.75, 3.05) is 0 Å². The second-order valence-electron chi connectivity index (χ2n) is 4.00. The lowest BCUT2D eigenvalue weighted by atomic mass is 10.2. The first-order chi connectivity index (χ1) is 10.0. The van der Waals surface area contributed by atoms with Gasteiger partial charge in [-0.2, -0.15) is 0 Å². The second-order valence-corrected chi connectivity index (χ2v) is 4.91. The third kappa shape index (κ3) is 3.51. The first-order valence-electron chi connectivity index (χ1n) is 5.72. The third-order valence-corrected chi connectivity index (χ3v) is 3.09. The van der Waals surface area contributed by atoms with Crippen LogP contribution in [0.1, 0.15) is 20.7 Å². The van der Waals surface area contributed by atoms with Crippen LogP contribution in [-0.4, -0.2) is 17.2 Å². The van der Waals surface area contributed by atoms with Crippen LogP contribution in [0.5, 0.6) is 5.75 Å². The van der Waals surface area contributed by atoms with Crippen molar-refractivity contribution >= 4 is 33.9 Å². The van der Waals surface area contributed by atoms with Crippen molar-refractivity contribution in [2.45, 2.75) is 0 Å². The largest absolute Gasteiger partial charge is 0.422 e. The minimum atomic E-state index is -0.659. The van der Waals surface area contributed by atoms with Gasteiger partial charge in [-0.15, -0.1) is 0 Å². The van der Waals surface area contributed by atoms with E-state index >= 15 is 0 Å². The number of nitro groups is 1. The molecule has 2 aromatic rings. The molecule has 0 radical (unpaired) electrons. The summed E-state index contributed by atoms with van der Waals surface area (Å²) >= 11 is 3.23. The first-order valence-corrected chi connectivity index (χ1v) is 6.52. The summed E-state index contributed by atoms with van der Waals surface area (Å²) in [4.78, 5) is 32.9. The Kier molecular flexibility index (Phi) is 4.44. The van der Waals surface area contributed by atoms with Crippen molar-refractivity contribution in [1.29, 1.82) is 0 Å². The topological polar surface area (TPSA) is 86.5 Å². The number of benzene rings is 2. The van der Waals surface area contributed by atoms with Crippen molar-refractivity contribution in [3.8, 4) is 5.75 Å². The van der Waals surface area contributed by atoms with Crippen LogP contribution in [0.4, 0.5) is 5.69 Å². The van der Waals surface area contributed by atoms with Crippen LogP contribution in [0, 0.1) is 10.1 Å². The monoisotopic (exact) mass is 349 g/mol. The number of non-ortho nitro benzene ring substituents is 1. The van der Waals surface area contributed by atoms with Gasteiger partial charge in [-0.1, -0.05) is 22.0 Å². The minimum absolute atomic E-state index is 0.0272. The van der Waals surface area contributed by atoms with Gasteiger partial charge in [0.25, 0.3) is 5.69 Å². The molecule has 0 heterocycles. The van der Waals surface area contributed by atoms with E-state index in [0.29, 0.717) is 16.3 Å². The van der Waals surface area contributed by atoms with E-state index in [0.717, 1.165) is 12.1 Å². The van der Waals surface area contributed by atoms with E-state index < -0.39 is 10.9 Å². The lowest BCUT2D eigenvalue weighted by Gasteiger charge is -2.06. The highest BCUT2D eigenvalue weighted by molar-refractivity contribution is 9.10. The van der Waals surface area contributed by atoms with Crippen LogP contribution >= 0.6 is 15.9 Å². The highest BCUT2D eigenvalue weighted by Gasteiger charge is 2.15. The molecule has 2 aromatic carbocycles. The van der Waals surface area contributed by atoms with Gasteiger partial charge in [-0.05, 0) is 24.3 Å². The van der Waals surface area contributed by atoms with Gasteiger partial charge in [-0.25, -0.2) is 4.79 Å². The molecule has 0 aliphatic carbocycles. The Morgan fingerprint density at radius 3 is 2.62 bits per heavy atom. The summed E-state index contributed by atoms with van der Waals surface area (Å²) in [5.41, 5.74) is -0.0218. The van der Waals surface area contributed by atoms with E-state index in [1.807, 2.05) is 0 Å². The van der Waals surface area contributed by atoms with Crippen molar-refractivity contribution in [1.82, 2.24) is 0 Å². The molecule has 0 fully saturated rings. The molecule has 106 valence electrons. The average molecular weight is 350 g/mol. The van der Waals surface area contributed by atoms with Crippen LogP contribution in [0.2, 0.25) is 0 Å². The highest BCUT2D eigenvalue weighted by atomic mass is 79.9. The molecular weight excluding hydrogens is 342 g/mol. The van der Waals surface area contributed by atoms with E-state index in [1.165, 1.54) is 6.07 Å². The summed E-state index contributed by atoms with van der Waals surface area (Å²) in [6.07, 6.45) is 0.399. The fraction of sp³-hybridized carbons (Fsp3) is 0. The van der Waals surface area contributed by atoms with Crippen LogP contribution < -0.4 is 4.74 Å². The van der Waals surface area contributed by atoms with Gasteiger partial charge >= 0.3 is 5.97 Å². The standard InChI is InChI=1S/C14H8BrNO5/c15-11-3-1-2-9(6-11)14(18)21-13-5-4-12(16(19)20)7-10(13)8-17/h1-8H. The first kappa shape index (κ1) is 14.9. The Morgan fingerprint density at radius 2 is 2.00 bits per heavy atom. The number of aldehydes is 1. The summed E-state index contributed by atoms with van der Waals surface area (Å²) < 4.78 is 5.80. The van der Waals surface area contributed by atoms with E-state index in [1.54, 1.807) is 24.3 Å². The summed E-state index contributed by atoms with van der Waals surface area (Å²) in [6.45, 7) is 0. The zero-order valence-corrected chi connectivity index (χ0v) is 12.1. The Labute approximate surface area is 127 Å². The zero-order chi connectivity index (χ0) is 15.4. The quantitative estimate of drug-likeness (QED) is 0.277. The molecule has 6 nitrogen and oxygen atoms in total. The molecule has 0 bridgehead atoms. The van der Waals surface area contributed by atoms with Crippen LogP contribution in [0.25, 0.3) is 0 Å². The van der Waals surface area contributed by atoms with Gasteiger partial charge in [0.1, 0.15) is 5.75 Å². The Balaban J connectivity index is 2.29. The fourth-order valence-corrected chi connectivity index (χ4v) is 2.01. The number of hydrogen-bond donors (Lipinski definition) is 0. The molecule has 7 heteroatoms. The number of ether oxygens (including phenoxy) is 1. The fourth-order valence-electron chi connectivity index (χ4n) is 1.61. The number of halogens is 1. The van der Waals surface area contributed by atoms with E-state index in [9.17, 15) is 19.7 Å². The molecule has 0 aromatic heterocycles. The van der Waals surface area contributed by atoms with Gasteiger partial charge in [0.05, 0.1) is 16.1 Å². The lowest BCUT2D eigenvalue weighted by molar-refractivity contribution is -0.384. The summed E-state index contributed by atoms with van der Waals surface area (Å²) in [6, 6.07) is 9.97. The van der Waals surface area contributed by atoms with Crippen molar-refractivity contribution in [2.24, 2.45) is 0 Å². The molecule has 0 amide bonds. The van der Waals surface area contributed by atoms with Gasteiger partial charge in [0.15, 0.2) is 6.29 Å². The van der Waals surface area contributed by atoms with Crippen LogP contribution in [0.15, 0.2) is 46.9 Å². The number of esters is 1. The normalized spacial score (nSPS) is 9.95. The summed E-state index contributed by atoms with van der Waals surface area (Å²) in [5, 5.41) is 10.6. The molecule has 0 N–H and O–H groups in total. The molecule has 0 atom stereocenters. The Morgan fingerprint density at radius 1 is 1.24 bits per heavy atom. The maximum Gasteiger partial charge on any atom is 0.343 e. The maximum absolute atomic E-state index is 12.0. The predicted octanol–water partition coefficient (Wildman–Crippen LogP) is 3.39. The molecule has 0 saturated heterocycles. The molecule has 2 rings (SSSR count). The molecule has 0 saturated carbocycles. The van der Waals surface area contributed by atoms with Gasteiger partial charge < -0.3 is 4.74 Å². The van der Waals surface area contributed by atoms with E-state index in [4.69, 9.17) is 4.74 Å². The van der Waals surface area contributed by atoms with Crippen LogP contribution in [-0.2, 0) is 0 Å². The highest BCUT2D eigenvalue weighted by Crippen LogP contribution is 2.24. The molecule has 0 unspecified atom stereocenters. The maximum atomic E-state index is 12.0. The molecule has 0 aliphatic rings. The number of rotatable bonds is 4. The molecular formula is C14H8BrNO5. The SMILES string of the molecule is O=Cc1cc([N+](=O)[O-])ccc1OC(=O)c1cccc(Br)c1. The van der Waals surface area contributed by atoms with Gasteiger partial charge in [-0.3, -0.25) is 14.9 Å². The smallest absolute Gasteiger partial charge is 0.343 e. The van der Waals surface area contributed by atoms with Crippen LogP contribution in [0.3, 0.4) is 0 Å². The average Bonchev–Trinajstić information content (AvgIpc) is 2.47. The van der Waals surface area contributed by atoms with Crippen molar-refractivity contribution < 1.29 is 19.2 Å². The summed E-state index contributed by atoms with van der Waals surface area (Å²) in [7, 11) is 0. The number of nitrogens with zero attached hydrogens (tertiary/aromatic N) is 1. The van der Waals surface area contributed by atoms with Crippen molar-refractivity contribution in [3.63, 3.8) is 0 Å². The summed E-state index contributed by atoms with van der Waals surface area (Å²) in [5.74, 6) is -0.686. The second kappa shape index (κ2) is 6.27. The number of hydrogen-bond acceptors (Lipinski definition) is 5. The molecule has 0 spiro atoms.